The zero-order valence-electron chi connectivity index (χ0n) is 10.1. The van der Waals surface area contributed by atoms with Crippen molar-refractivity contribution in [1.29, 1.82) is 0 Å². The molecule has 96 valence electrons. The van der Waals surface area contributed by atoms with Crippen LogP contribution in [0.5, 0.6) is 0 Å². The lowest BCUT2D eigenvalue weighted by atomic mass is 10.2. The zero-order valence-corrected chi connectivity index (χ0v) is 12.3. The summed E-state index contributed by atoms with van der Waals surface area (Å²) in [6, 6.07) is 7.65. The standard InChI is InChI=1S/C13H15IN2O2/c1-9(17)15-10-6-7-16(8-10)13(18)11-4-2-3-5-12(11)14/h2-5,10H,6-8H2,1H3,(H,15,17). The van der Waals surface area contributed by atoms with Gasteiger partial charge in [0.1, 0.15) is 0 Å². The number of carbonyl (C=O) groups is 2. The average Bonchev–Trinajstić information content (AvgIpc) is 2.76. The van der Waals surface area contributed by atoms with E-state index in [1.807, 2.05) is 24.3 Å². The number of nitrogens with one attached hydrogen (secondary N) is 1. The van der Waals surface area contributed by atoms with Crippen LogP contribution in [0.4, 0.5) is 0 Å². The highest BCUT2D eigenvalue weighted by atomic mass is 127. The molecule has 18 heavy (non-hydrogen) atoms. The van der Waals surface area contributed by atoms with Gasteiger partial charge in [0.25, 0.3) is 5.91 Å². The van der Waals surface area contributed by atoms with Crippen molar-refractivity contribution in [3.05, 3.63) is 33.4 Å². The zero-order chi connectivity index (χ0) is 13.1. The quantitative estimate of drug-likeness (QED) is 0.818. The fourth-order valence-corrected chi connectivity index (χ4v) is 2.77. The van der Waals surface area contributed by atoms with Crippen molar-refractivity contribution in [1.82, 2.24) is 10.2 Å². The molecule has 1 aromatic carbocycles. The molecule has 2 amide bonds. The normalized spacial score (nSPS) is 18.8. The van der Waals surface area contributed by atoms with Crippen molar-refractivity contribution in [2.24, 2.45) is 0 Å². The first-order valence-electron chi connectivity index (χ1n) is 5.89. The van der Waals surface area contributed by atoms with E-state index in [4.69, 9.17) is 0 Å². The molecule has 1 aromatic rings. The van der Waals surface area contributed by atoms with E-state index in [1.165, 1.54) is 6.92 Å². The molecule has 1 aliphatic rings. The first kappa shape index (κ1) is 13.3. The second kappa shape index (κ2) is 5.69. The summed E-state index contributed by atoms with van der Waals surface area (Å²) in [5, 5.41) is 2.86. The Bertz CT molecular complexity index is 476. The van der Waals surface area contributed by atoms with Crippen molar-refractivity contribution >= 4 is 34.4 Å². The molecular weight excluding hydrogens is 343 g/mol. The van der Waals surface area contributed by atoms with Crippen molar-refractivity contribution in [2.45, 2.75) is 19.4 Å². The number of hydrogen-bond acceptors (Lipinski definition) is 2. The van der Waals surface area contributed by atoms with Crippen molar-refractivity contribution in [3.63, 3.8) is 0 Å². The number of rotatable bonds is 2. The average molecular weight is 358 g/mol. The Kier molecular flexibility index (Phi) is 4.21. The van der Waals surface area contributed by atoms with Crippen LogP contribution < -0.4 is 5.32 Å². The number of halogens is 1. The van der Waals surface area contributed by atoms with Crippen LogP contribution in [0.3, 0.4) is 0 Å². The summed E-state index contributed by atoms with van der Waals surface area (Å²) in [6.45, 7) is 2.81. The number of likely N-dealkylation sites (tertiary alicyclic amines) is 1. The Balaban J connectivity index is 2.04. The maximum atomic E-state index is 12.3. The molecule has 0 spiro atoms. The summed E-state index contributed by atoms with van der Waals surface area (Å²) in [5.41, 5.74) is 0.738. The van der Waals surface area contributed by atoms with Crippen LogP contribution in [0, 0.1) is 3.57 Å². The first-order chi connectivity index (χ1) is 8.58. The molecule has 1 saturated heterocycles. The molecule has 0 bridgehead atoms. The first-order valence-corrected chi connectivity index (χ1v) is 6.96. The van der Waals surface area contributed by atoms with E-state index in [-0.39, 0.29) is 17.9 Å². The SMILES string of the molecule is CC(=O)NC1CCN(C(=O)c2ccccc2I)C1. The third-order valence-corrected chi connectivity index (χ3v) is 3.93. The molecule has 1 atom stereocenters. The molecule has 1 fully saturated rings. The van der Waals surface area contributed by atoms with E-state index in [0.29, 0.717) is 13.1 Å². The van der Waals surface area contributed by atoms with Gasteiger partial charge in [0.2, 0.25) is 5.91 Å². The van der Waals surface area contributed by atoms with Crippen LogP contribution in [0.25, 0.3) is 0 Å². The second-order valence-electron chi connectivity index (χ2n) is 4.42. The third-order valence-electron chi connectivity index (χ3n) is 2.99. The largest absolute Gasteiger partial charge is 0.352 e. The Labute approximate surface area is 120 Å². The Morgan fingerprint density at radius 1 is 1.39 bits per heavy atom. The van der Waals surface area contributed by atoms with Gasteiger partial charge < -0.3 is 10.2 Å². The molecule has 0 saturated carbocycles. The minimum atomic E-state index is -0.0383. The third kappa shape index (κ3) is 3.01. The van der Waals surface area contributed by atoms with Crippen molar-refractivity contribution in [3.8, 4) is 0 Å². The van der Waals surface area contributed by atoms with Gasteiger partial charge in [0, 0.05) is 29.6 Å². The van der Waals surface area contributed by atoms with Crippen LogP contribution >= 0.6 is 22.6 Å². The summed E-state index contributed by atoms with van der Waals surface area (Å²) < 4.78 is 0.961. The van der Waals surface area contributed by atoms with Gasteiger partial charge in [-0.1, -0.05) is 12.1 Å². The van der Waals surface area contributed by atoms with E-state index in [0.717, 1.165) is 15.6 Å². The fraction of sp³-hybridized carbons (Fsp3) is 0.385. The van der Waals surface area contributed by atoms with Crippen molar-refractivity contribution in [2.75, 3.05) is 13.1 Å². The lowest BCUT2D eigenvalue weighted by Gasteiger charge is -2.17. The maximum absolute atomic E-state index is 12.3. The second-order valence-corrected chi connectivity index (χ2v) is 5.58. The molecule has 1 aliphatic heterocycles. The number of amides is 2. The highest BCUT2D eigenvalue weighted by molar-refractivity contribution is 14.1. The van der Waals surface area contributed by atoms with E-state index in [9.17, 15) is 9.59 Å². The highest BCUT2D eigenvalue weighted by Crippen LogP contribution is 2.17. The Hall–Kier alpha value is -1.11. The molecule has 2 rings (SSSR count). The van der Waals surface area contributed by atoms with Crippen LogP contribution in [-0.4, -0.2) is 35.8 Å². The summed E-state index contributed by atoms with van der Waals surface area (Å²) in [5.74, 6) is 0.0106. The molecular formula is C13H15IN2O2. The summed E-state index contributed by atoms with van der Waals surface area (Å²) in [6.07, 6.45) is 0.828. The van der Waals surface area contributed by atoms with Gasteiger partial charge >= 0.3 is 0 Å². The molecule has 4 nitrogen and oxygen atoms in total. The van der Waals surface area contributed by atoms with Crippen LogP contribution in [-0.2, 0) is 4.79 Å². The fourth-order valence-electron chi connectivity index (χ4n) is 2.15. The van der Waals surface area contributed by atoms with Gasteiger partial charge in [-0.15, -0.1) is 0 Å². The van der Waals surface area contributed by atoms with Crippen LogP contribution in [0.2, 0.25) is 0 Å². The minimum absolute atomic E-state index is 0.0383. The van der Waals surface area contributed by atoms with Crippen molar-refractivity contribution < 1.29 is 9.59 Å². The number of benzene rings is 1. The Morgan fingerprint density at radius 2 is 2.11 bits per heavy atom. The number of hydrogen-bond donors (Lipinski definition) is 1. The topological polar surface area (TPSA) is 49.4 Å². The molecule has 0 aliphatic carbocycles. The summed E-state index contributed by atoms with van der Waals surface area (Å²) >= 11 is 2.17. The van der Waals surface area contributed by atoms with E-state index in [2.05, 4.69) is 27.9 Å². The van der Waals surface area contributed by atoms with Gasteiger partial charge in [0.05, 0.1) is 5.56 Å². The summed E-state index contributed by atoms with van der Waals surface area (Å²) in [4.78, 5) is 25.1. The van der Waals surface area contributed by atoms with Gasteiger partial charge in [0.15, 0.2) is 0 Å². The molecule has 1 heterocycles. The molecule has 1 N–H and O–H groups in total. The van der Waals surface area contributed by atoms with E-state index in [1.54, 1.807) is 4.90 Å². The number of nitrogens with zero attached hydrogens (tertiary/aromatic N) is 1. The highest BCUT2D eigenvalue weighted by Gasteiger charge is 2.27. The molecule has 0 radical (unpaired) electrons. The molecule has 0 aromatic heterocycles. The van der Waals surface area contributed by atoms with Crippen LogP contribution in [0.15, 0.2) is 24.3 Å². The van der Waals surface area contributed by atoms with E-state index >= 15 is 0 Å². The minimum Gasteiger partial charge on any atom is -0.352 e. The van der Waals surface area contributed by atoms with Gasteiger partial charge in [-0.2, -0.15) is 0 Å². The Morgan fingerprint density at radius 3 is 2.78 bits per heavy atom. The smallest absolute Gasteiger partial charge is 0.254 e. The molecule has 1 unspecified atom stereocenters. The lowest BCUT2D eigenvalue weighted by Crippen LogP contribution is -2.37. The predicted octanol–water partition coefficient (Wildman–Crippen LogP) is 1.64. The summed E-state index contributed by atoms with van der Waals surface area (Å²) in [7, 11) is 0. The van der Waals surface area contributed by atoms with Gasteiger partial charge in [-0.05, 0) is 41.1 Å². The molecule has 5 heteroatoms. The maximum Gasteiger partial charge on any atom is 0.254 e. The lowest BCUT2D eigenvalue weighted by molar-refractivity contribution is -0.119. The van der Waals surface area contributed by atoms with E-state index < -0.39 is 0 Å². The monoisotopic (exact) mass is 358 g/mol. The van der Waals surface area contributed by atoms with Gasteiger partial charge in [-0.25, -0.2) is 0 Å². The van der Waals surface area contributed by atoms with Gasteiger partial charge in [-0.3, -0.25) is 9.59 Å². The predicted molar refractivity (Wildman–Crippen MR) is 77.3 cm³/mol. The number of carbonyl (C=O) groups excluding carboxylic acids is 2. The van der Waals surface area contributed by atoms with Crippen LogP contribution in [0.1, 0.15) is 23.7 Å².